The summed E-state index contributed by atoms with van der Waals surface area (Å²) in [6.07, 6.45) is 0. The van der Waals surface area contributed by atoms with Gasteiger partial charge in [-0.05, 0) is 45.6 Å². The number of aromatic carboxylic acids is 1. The highest BCUT2D eigenvalue weighted by atomic mass is 79.9. The Morgan fingerprint density at radius 1 is 1.35 bits per heavy atom. The second-order valence-corrected chi connectivity index (χ2v) is 7.42. The number of rotatable bonds is 4. The van der Waals surface area contributed by atoms with Crippen LogP contribution in [0, 0.1) is 0 Å². The van der Waals surface area contributed by atoms with Gasteiger partial charge < -0.3 is 10.8 Å². The molecule has 0 aliphatic heterocycles. The first-order valence-corrected chi connectivity index (χ1v) is 8.35. The van der Waals surface area contributed by atoms with Crippen molar-refractivity contribution >= 4 is 54.6 Å². The molecule has 0 fully saturated rings. The summed E-state index contributed by atoms with van der Waals surface area (Å²) < 4.78 is 27.1. The van der Waals surface area contributed by atoms with Crippen molar-refractivity contribution in [3.05, 3.63) is 39.7 Å². The minimum absolute atomic E-state index is 0.0660. The third-order valence-electron chi connectivity index (χ3n) is 2.35. The first-order valence-electron chi connectivity index (χ1n) is 5.20. The predicted molar refractivity (Wildman–Crippen MR) is 80.6 cm³/mol. The van der Waals surface area contributed by atoms with Crippen molar-refractivity contribution in [1.29, 1.82) is 0 Å². The van der Waals surface area contributed by atoms with Gasteiger partial charge >= 0.3 is 5.97 Å². The number of nitrogens with two attached hydrogens (primary N) is 1. The molecule has 0 radical (unpaired) electrons. The number of anilines is 2. The van der Waals surface area contributed by atoms with Crippen molar-refractivity contribution in [3.8, 4) is 0 Å². The summed E-state index contributed by atoms with van der Waals surface area (Å²) in [4.78, 5) is 11.1. The molecule has 0 atom stereocenters. The number of nitrogens with one attached hydrogen (secondary N) is 1. The van der Waals surface area contributed by atoms with Crippen LogP contribution in [-0.2, 0) is 10.0 Å². The van der Waals surface area contributed by atoms with Crippen LogP contribution in [0.3, 0.4) is 0 Å². The second-order valence-electron chi connectivity index (χ2n) is 3.77. The lowest BCUT2D eigenvalue weighted by Gasteiger charge is -2.10. The fourth-order valence-electron chi connectivity index (χ4n) is 1.50. The standard InChI is InChI=1S/C11H9BrN2O4S2/c12-8-3-4-19-11(8)20(17,18)14-9-5-6(13)1-2-7(9)10(15)16/h1-5,14H,13H2,(H,15,16). The number of halogens is 1. The van der Waals surface area contributed by atoms with Crippen LogP contribution in [0.1, 0.15) is 10.4 Å². The van der Waals surface area contributed by atoms with E-state index >= 15 is 0 Å². The monoisotopic (exact) mass is 376 g/mol. The molecule has 0 saturated heterocycles. The van der Waals surface area contributed by atoms with Crippen molar-refractivity contribution in [1.82, 2.24) is 0 Å². The average molecular weight is 377 g/mol. The zero-order valence-electron chi connectivity index (χ0n) is 9.83. The van der Waals surface area contributed by atoms with Crippen LogP contribution < -0.4 is 10.5 Å². The van der Waals surface area contributed by atoms with Gasteiger partial charge in [0.05, 0.1) is 11.3 Å². The summed E-state index contributed by atoms with van der Waals surface area (Å²) in [5.41, 5.74) is 5.58. The number of benzene rings is 1. The fraction of sp³-hybridized carbons (Fsp3) is 0. The molecule has 0 aliphatic carbocycles. The Morgan fingerprint density at radius 2 is 2.05 bits per heavy atom. The molecule has 0 saturated carbocycles. The van der Waals surface area contributed by atoms with Crippen molar-refractivity contribution < 1.29 is 18.3 Å². The van der Waals surface area contributed by atoms with Gasteiger partial charge in [0.15, 0.2) is 4.21 Å². The molecule has 1 aromatic carbocycles. The molecule has 1 heterocycles. The molecule has 0 amide bonds. The lowest BCUT2D eigenvalue weighted by molar-refractivity contribution is 0.0698. The average Bonchev–Trinajstić information content (AvgIpc) is 2.75. The van der Waals surface area contributed by atoms with Crippen LogP contribution >= 0.6 is 27.3 Å². The molecule has 106 valence electrons. The maximum absolute atomic E-state index is 12.2. The van der Waals surface area contributed by atoms with Gasteiger partial charge in [0, 0.05) is 10.2 Å². The van der Waals surface area contributed by atoms with Gasteiger partial charge in [-0.2, -0.15) is 0 Å². The van der Waals surface area contributed by atoms with Gasteiger partial charge in [-0.15, -0.1) is 11.3 Å². The smallest absolute Gasteiger partial charge is 0.337 e. The minimum Gasteiger partial charge on any atom is -0.478 e. The Kier molecular flexibility index (Phi) is 4.02. The third-order valence-corrected chi connectivity index (χ3v) is 6.38. The van der Waals surface area contributed by atoms with Gasteiger partial charge in [0.2, 0.25) is 0 Å². The van der Waals surface area contributed by atoms with Gasteiger partial charge in [-0.25, -0.2) is 13.2 Å². The largest absolute Gasteiger partial charge is 0.478 e. The van der Waals surface area contributed by atoms with E-state index in [2.05, 4.69) is 20.7 Å². The number of nitrogen functional groups attached to an aromatic ring is 1. The number of carbonyl (C=O) groups is 1. The third kappa shape index (κ3) is 2.94. The first kappa shape index (κ1) is 14.8. The molecule has 4 N–H and O–H groups in total. The highest BCUT2D eigenvalue weighted by molar-refractivity contribution is 9.10. The number of sulfonamides is 1. The van der Waals surface area contributed by atoms with Crippen LogP contribution in [0.4, 0.5) is 11.4 Å². The number of thiophene rings is 1. The molecule has 6 nitrogen and oxygen atoms in total. The summed E-state index contributed by atoms with van der Waals surface area (Å²) in [6, 6.07) is 5.50. The normalized spacial score (nSPS) is 11.2. The lowest BCUT2D eigenvalue weighted by atomic mass is 10.1. The molecule has 1 aromatic heterocycles. The predicted octanol–water partition coefficient (Wildman–Crippen LogP) is 2.59. The molecule has 2 aromatic rings. The molecule has 20 heavy (non-hydrogen) atoms. The van der Waals surface area contributed by atoms with Crippen molar-refractivity contribution in [2.24, 2.45) is 0 Å². The van der Waals surface area contributed by atoms with E-state index in [0.29, 0.717) is 4.47 Å². The summed E-state index contributed by atoms with van der Waals surface area (Å²) in [5.74, 6) is -1.24. The maximum Gasteiger partial charge on any atom is 0.337 e. The van der Waals surface area contributed by atoms with Crippen molar-refractivity contribution in [2.75, 3.05) is 10.5 Å². The Morgan fingerprint density at radius 3 is 2.60 bits per heavy atom. The molecular formula is C11H9BrN2O4S2. The van der Waals surface area contributed by atoms with E-state index in [0.717, 1.165) is 11.3 Å². The summed E-state index contributed by atoms with van der Waals surface area (Å²) >= 11 is 4.15. The Bertz CT molecular complexity index is 770. The number of hydrogen-bond donors (Lipinski definition) is 3. The van der Waals surface area contributed by atoms with Crippen LogP contribution in [0.15, 0.2) is 38.3 Å². The van der Waals surface area contributed by atoms with Crippen LogP contribution in [0.25, 0.3) is 0 Å². The molecule has 0 spiro atoms. The molecule has 0 bridgehead atoms. The van der Waals surface area contributed by atoms with E-state index < -0.39 is 16.0 Å². The molecular weight excluding hydrogens is 368 g/mol. The summed E-state index contributed by atoms with van der Waals surface area (Å²) in [7, 11) is -3.87. The highest BCUT2D eigenvalue weighted by Crippen LogP contribution is 2.30. The molecule has 0 aliphatic rings. The van der Waals surface area contributed by atoms with Gasteiger partial charge in [-0.3, -0.25) is 4.72 Å². The van der Waals surface area contributed by atoms with Crippen LogP contribution in [-0.4, -0.2) is 19.5 Å². The molecule has 0 unspecified atom stereocenters. The van der Waals surface area contributed by atoms with E-state index in [1.54, 1.807) is 11.4 Å². The van der Waals surface area contributed by atoms with E-state index in [9.17, 15) is 13.2 Å². The summed E-state index contributed by atoms with van der Waals surface area (Å²) in [5, 5.41) is 10.7. The maximum atomic E-state index is 12.2. The highest BCUT2D eigenvalue weighted by Gasteiger charge is 2.22. The fourth-order valence-corrected chi connectivity index (χ4v) is 4.90. The quantitative estimate of drug-likeness (QED) is 0.710. The topological polar surface area (TPSA) is 109 Å². The van der Waals surface area contributed by atoms with E-state index in [-0.39, 0.29) is 21.1 Å². The lowest BCUT2D eigenvalue weighted by Crippen LogP contribution is -2.15. The van der Waals surface area contributed by atoms with E-state index in [1.165, 1.54) is 18.2 Å². The summed E-state index contributed by atoms with van der Waals surface area (Å²) in [6.45, 7) is 0. The second kappa shape index (κ2) is 5.43. The Labute approximate surface area is 127 Å². The Hall–Kier alpha value is -1.58. The van der Waals surface area contributed by atoms with Gasteiger partial charge in [0.1, 0.15) is 0 Å². The molecule has 9 heteroatoms. The molecule has 2 rings (SSSR count). The van der Waals surface area contributed by atoms with Crippen molar-refractivity contribution in [2.45, 2.75) is 4.21 Å². The van der Waals surface area contributed by atoms with E-state index in [1.807, 2.05) is 0 Å². The SMILES string of the molecule is Nc1ccc(C(=O)O)c(NS(=O)(=O)c2sccc2Br)c1. The number of hydrogen-bond acceptors (Lipinski definition) is 5. The number of carboxylic acids is 1. The zero-order valence-corrected chi connectivity index (χ0v) is 13.0. The first-order chi connectivity index (χ1) is 9.31. The van der Waals surface area contributed by atoms with E-state index in [4.69, 9.17) is 10.8 Å². The van der Waals surface area contributed by atoms with Crippen LogP contribution in [0.2, 0.25) is 0 Å². The van der Waals surface area contributed by atoms with Gasteiger partial charge in [-0.1, -0.05) is 0 Å². The minimum atomic E-state index is -3.87. The number of carboxylic acid groups (broad SMARTS) is 1. The Balaban J connectivity index is 2.47. The van der Waals surface area contributed by atoms with Gasteiger partial charge in [0.25, 0.3) is 10.0 Å². The van der Waals surface area contributed by atoms with Crippen LogP contribution in [0.5, 0.6) is 0 Å². The van der Waals surface area contributed by atoms with Crippen molar-refractivity contribution in [3.63, 3.8) is 0 Å². The zero-order chi connectivity index (χ0) is 14.9.